The molecule has 0 bridgehead atoms. The van der Waals surface area contributed by atoms with Gasteiger partial charge in [-0.15, -0.1) is 0 Å². The predicted molar refractivity (Wildman–Crippen MR) is 284 cm³/mol. The van der Waals surface area contributed by atoms with Crippen LogP contribution >= 0.6 is 0 Å². The van der Waals surface area contributed by atoms with Gasteiger partial charge in [0.05, 0.1) is 30.8 Å². The summed E-state index contributed by atoms with van der Waals surface area (Å²) in [7, 11) is 1.26. The van der Waals surface area contributed by atoms with Crippen LogP contribution in [0.25, 0.3) is 0 Å². The summed E-state index contributed by atoms with van der Waals surface area (Å²) in [4.78, 5) is 67.8. The number of esters is 4. The molecule has 1 aromatic carbocycles. The monoisotopic (exact) mass is 1020 g/mol. The van der Waals surface area contributed by atoms with Crippen LogP contribution < -0.4 is 17.2 Å². The van der Waals surface area contributed by atoms with Gasteiger partial charge in [0.15, 0.2) is 24.6 Å². The lowest BCUT2D eigenvalue weighted by Crippen LogP contribution is -2.63. The van der Waals surface area contributed by atoms with Crippen molar-refractivity contribution in [3.05, 3.63) is 35.4 Å². The largest absolute Gasteiger partial charge is 0.459 e. The van der Waals surface area contributed by atoms with Crippen molar-refractivity contribution in [2.45, 2.75) is 250 Å². The van der Waals surface area contributed by atoms with E-state index in [9.17, 15) is 24.0 Å². The second-order valence-electron chi connectivity index (χ2n) is 19.8. The van der Waals surface area contributed by atoms with Crippen LogP contribution in [0.3, 0.4) is 0 Å². The van der Waals surface area contributed by atoms with Crippen molar-refractivity contribution in [3.8, 4) is 0 Å². The first kappa shape index (κ1) is 64.5. The van der Waals surface area contributed by atoms with Gasteiger partial charge in [-0.3, -0.25) is 19.2 Å². The maximum Gasteiger partial charge on any atom is 0.339 e. The quantitative estimate of drug-likeness (QED) is 0.0314. The number of carbonyl (C=O) groups is 5. The van der Waals surface area contributed by atoms with Crippen molar-refractivity contribution in [1.29, 1.82) is 0 Å². The second kappa shape index (κ2) is 42.7. The Morgan fingerprint density at radius 3 is 1.17 bits per heavy atom. The fraction of sp³-hybridized carbons (Fsp3) is 0.807. The number of rotatable bonds is 45. The summed E-state index contributed by atoms with van der Waals surface area (Å²) in [6.45, 7) is 3.54. The standard InChI is InChI=1S/C57H100N4O11/c1-4-6-8-10-12-14-16-18-20-22-24-26-28-30-32-36-40-61(41-37-33-31-29-27-25-23-21-19-17-15-13-11-9-7-5-2)55(65)46-38-34-35-39-47(46)56(66)68-45-48-52(70-49(62)42-58)53(71-50(63)43-59)54(57(67-3)69-48)72-51(64)44-60/h34-35,38-39,48,52-54,57H,4-33,36-37,40-45,58-60H2,1-3H3/t48-,52+,53+,54-,57+/m1/s1. The lowest BCUT2D eigenvalue weighted by Gasteiger charge is -2.43. The molecule has 1 aromatic rings. The third-order valence-electron chi connectivity index (χ3n) is 13.7. The number of amides is 1. The highest BCUT2D eigenvalue weighted by Crippen LogP contribution is 2.30. The number of ether oxygens (including phenoxy) is 6. The summed E-state index contributed by atoms with van der Waals surface area (Å²) in [6.07, 6.45) is 33.4. The van der Waals surface area contributed by atoms with E-state index in [4.69, 9.17) is 45.6 Å². The third-order valence-corrected chi connectivity index (χ3v) is 13.7. The van der Waals surface area contributed by atoms with Crippen LogP contribution in [0.2, 0.25) is 0 Å². The summed E-state index contributed by atoms with van der Waals surface area (Å²) < 4.78 is 33.7. The summed E-state index contributed by atoms with van der Waals surface area (Å²) in [5.41, 5.74) is 16.9. The predicted octanol–water partition coefficient (Wildman–Crippen LogP) is 10.8. The van der Waals surface area contributed by atoms with Gasteiger partial charge in [-0.25, -0.2) is 4.79 Å². The van der Waals surface area contributed by atoms with E-state index in [-0.39, 0.29) is 17.0 Å². The molecule has 1 amide bonds. The lowest BCUT2D eigenvalue weighted by molar-refractivity contribution is -0.302. The molecular formula is C57H100N4O11. The molecule has 0 spiro atoms. The van der Waals surface area contributed by atoms with Gasteiger partial charge >= 0.3 is 23.9 Å². The number of benzene rings is 1. The van der Waals surface area contributed by atoms with Gasteiger partial charge in [-0.2, -0.15) is 0 Å². The van der Waals surface area contributed by atoms with Crippen molar-refractivity contribution in [2.75, 3.05) is 46.4 Å². The zero-order chi connectivity index (χ0) is 52.4. The first-order valence-corrected chi connectivity index (χ1v) is 28.6. The Balaban J connectivity index is 2.05. The van der Waals surface area contributed by atoms with Crippen molar-refractivity contribution in [2.24, 2.45) is 17.2 Å². The van der Waals surface area contributed by atoms with Gasteiger partial charge in [0.25, 0.3) is 5.91 Å². The van der Waals surface area contributed by atoms with E-state index in [2.05, 4.69) is 13.8 Å². The van der Waals surface area contributed by atoms with Crippen molar-refractivity contribution in [1.82, 2.24) is 4.90 Å². The molecule has 15 nitrogen and oxygen atoms in total. The van der Waals surface area contributed by atoms with Crippen LogP contribution in [0.5, 0.6) is 0 Å². The fourth-order valence-electron chi connectivity index (χ4n) is 9.47. The first-order valence-electron chi connectivity index (χ1n) is 28.6. The fourth-order valence-corrected chi connectivity index (χ4v) is 9.47. The van der Waals surface area contributed by atoms with Crippen molar-refractivity contribution in [3.63, 3.8) is 0 Å². The van der Waals surface area contributed by atoms with E-state index < -0.39 is 80.8 Å². The average molecular weight is 1020 g/mol. The summed E-state index contributed by atoms with van der Waals surface area (Å²) >= 11 is 0. The Bertz CT molecular complexity index is 1550. The molecule has 414 valence electrons. The smallest absolute Gasteiger partial charge is 0.339 e. The van der Waals surface area contributed by atoms with Gasteiger partial charge in [-0.1, -0.05) is 219 Å². The number of hydrogen-bond acceptors (Lipinski definition) is 14. The lowest BCUT2D eigenvalue weighted by atomic mass is 9.98. The van der Waals surface area contributed by atoms with Crippen LogP contribution in [0, 0.1) is 0 Å². The van der Waals surface area contributed by atoms with E-state index in [0.29, 0.717) is 13.1 Å². The zero-order valence-corrected chi connectivity index (χ0v) is 45.2. The molecule has 1 aliphatic heterocycles. The average Bonchev–Trinajstić information content (AvgIpc) is 3.39. The van der Waals surface area contributed by atoms with E-state index in [1.54, 1.807) is 18.2 Å². The van der Waals surface area contributed by atoms with Gasteiger partial charge in [0.2, 0.25) is 0 Å². The number of hydrogen-bond donors (Lipinski definition) is 3. The Kier molecular flexibility index (Phi) is 38.2. The van der Waals surface area contributed by atoms with Crippen LogP contribution in [-0.4, -0.2) is 112 Å². The Labute approximate surface area is 434 Å². The van der Waals surface area contributed by atoms with Crippen molar-refractivity contribution >= 4 is 29.8 Å². The first-order chi connectivity index (χ1) is 35.1. The molecule has 1 saturated heterocycles. The number of carbonyl (C=O) groups excluding carboxylic acids is 5. The molecule has 0 unspecified atom stereocenters. The van der Waals surface area contributed by atoms with E-state index in [1.165, 1.54) is 180 Å². The normalized spacial score (nSPS) is 17.6. The highest BCUT2D eigenvalue weighted by atomic mass is 16.7. The number of nitrogens with two attached hydrogens (primary N) is 3. The highest BCUT2D eigenvalue weighted by Gasteiger charge is 2.53. The Morgan fingerprint density at radius 2 is 0.806 bits per heavy atom. The SMILES string of the molecule is CCCCCCCCCCCCCCCCCCN(CCCCCCCCCCCCCCCCCC)C(=O)c1ccccc1C(=O)OC[C@H]1O[C@H](OC)[C@H](OC(=O)CN)[C@@H](OC(=O)CN)[C@H]1OC(=O)CN. The Morgan fingerprint density at radius 1 is 0.472 bits per heavy atom. The molecule has 0 aliphatic carbocycles. The molecule has 0 aromatic heterocycles. The van der Waals surface area contributed by atoms with Crippen LogP contribution in [-0.2, 0) is 42.8 Å². The molecule has 6 N–H and O–H groups in total. The molecule has 1 aliphatic rings. The number of unbranched alkanes of at least 4 members (excludes halogenated alkanes) is 30. The van der Waals surface area contributed by atoms with Gasteiger partial charge in [0.1, 0.15) is 12.7 Å². The highest BCUT2D eigenvalue weighted by molar-refractivity contribution is 6.05. The number of methoxy groups -OCH3 is 1. The summed E-state index contributed by atoms with van der Waals surface area (Å²) in [5, 5.41) is 0. The van der Waals surface area contributed by atoms with E-state index in [1.807, 2.05) is 4.90 Å². The minimum Gasteiger partial charge on any atom is -0.459 e. The minimum atomic E-state index is -1.51. The summed E-state index contributed by atoms with van der Waals surface area (Å²) in [6, 6.07) is 6.55. The van der Waals surface area contributed by atoms with Gasteiger partial charge in [0, 0.05) is 20.2 Å². The van der Waals surface area contributed by atoms with Crippen molar-refractivity contribution < 1.29 is 52.4 Å². The zero-order valence-electron chi connectivity index (χ0n) is 45.2. The van der Waals surface area contributed by atoms with Crippen LogP contribution in [0.15, 0.2) is 24.3 Å². The summed E-state index contributed by atoms with van der Waals surface area (Å²) in [5.74, 6) is -3.76. The Hall–Kier alpha value is -3.63. The van der Waals surface area contributed by atoms with E-state index >= 15 is 0 Å². The number of nitrogens with zero attached hydrogens (tertiary/aromatic N) is 1. The molecule has 15 heteroatoms. The third kappa shape index (κ3) is 28.2. The topological polar surface area (TPSA) is 222 Å². The van der Waals surface area contributed by atoms with Gasteiger partial charge < -0.3 is 50.5 Å². The maximum absolute atomic E-state index is 14.5. The molecular weight excluding hydrogens is 917 g/mol. The van der Waals surface area contributed by atoms with Crippen LogP contribution in [0.4, 0.5) is 0 Å². The second-order valence-corrected chi connectivity index (χ2v) is 19.8. The molecule has 0 saturated carbocycles. The molecule has 0 radical (unpaired) electrons. The maximum atomic E-state index is 14.5. The van der Waals surface area contributed by atoms with Gasteiger partial charge in [-0.05, 0) is 25.0 Å². The minimum absolute atomic E-state index is 0.0573. The van der Waals surface area contributed by atoms with Crippen LogP contribution in [0.1, 0.15) is 240 Å². The molecule has 1 fully saturated rings. The molecule has 5 atom stereocenters. The van der Waals surface area contributed by atoms with E-state index in [0.717, 1.165) is 38.5 Å². The molecule has 72 heavy (non-hydrogen) atoms. The molecule has 1 heterocycles. The molecule has 2 rings (SSSR count).